The molecule has 7 heteroatoms. The Labute approximate surface area is 92.8 Å². The van der Waals surface area contributed by atoms with Gasteiger partial charge < -0.3 is 0 Å². The van der Waals surface area contributed by atoms with E-state index >= 15 is 0 Å². The van der Waals surface area contributed by atoms with Gasteiger partial charge in [0.15, 0.2) is 0 Å². The van der Waals surface area contributed by atoms with Gasteiger partial charge in [-0.3, -0.25) is 5.84 Å². The van der Waals surface area contributed by atoms with Gasteiger partial charge in [-0.05, 0) is 27.4 Å². The van der Waals surface area contributed by atoms with E-state index in [9.17, 15) is 0 Å². The Balaban J connectivity index is 2.36. The standard InChI is InChI=1S/C7H8BrN5S/c8-4-1-2-14-7(4)6(11-9)5-3-10-13-12-5/h1-3,6,11H,9H2,(H,10,12,13). The summed E-state index contributed by atoms with van der Waals surface area (Å²) in [7, 11) is 0. The first-order chi connectivity index (χ1) is 6.83. The van der Waals surface area contributed by atoms with Crippen LogP contribution in [0.4, 0.5) is 0 Å². The Morgan fingerprint density at radius 3 is 3.00 bits per heavy atom. The molecule has 0 aromatic carbocycles. The lowest BCUT2D eigenvalue weighted by atomic mass is 10.2. The van der Waals surface area contributed by atoms with E-state index in [1.807, 2.05) is 11.4 Å². The predicted octanol–water partition coefficient (Wildman–Crippen LogP) is 1.18. The van der Waals surface area contributed by atoms with Gasteiger partial charge in [-0.25, -0.2) is 5.43 Å². The topological polar surface area (TPSA) is 79.6 Å². The van der Waals surface area contributed by atoms with Crippen LogP contribution in [0, 0.1) is 0 Å². The third-order valence-electron chi connectivity index (χ3n) is 1.80. The molecule has 0 aliphatic carbocycles. The zero-order chi connectivity index (χ0) is 9.97. The molecule has 14 heavy (non-hydrogen) atoms. The summed E-state index contributed by atoms with van der Waals surface area (Å²) in [4.78, 5) is 1.08. The van der Waals surface area contributed by atoms with Crippen molar-refractivity contribution in [2.24, 2.45) is 5.84 Å². The zero-order valence-electron chi connectivity index (χ0n) is 7.07. The van der Waals surface area contributed by atoms with Crippen LogP contribution in [0.1, 0.15) is 16.6 Å². The van der Waals surface area contributed by atoms with Crippen molar-refractivity contribution in [1.82, 2.24) is 20.8 Å². The average Bonchev–Trinajstić information content (AvgIpc) is 2.80. The fourth-order valence-electron chi connectivity index (χ4n) is 1.16. The van der Waals surface area contributed by atoms with E-state index in [1.54, 1.807) is 17.5 Å². The minimum absolute atomic E-state index is 0.122. The van der Waals surface area contributed by atoms with E-state index in [1.165, 1.54) is 0 Å². The quantitative estimate of drug-likeness (QED) is 0.580. The smallest absolute Gasteiger partial charge is 0.106 e. The first-order valence-corrected chi connectivity index (χ1v) is 5.55. The molecule has 0 spiro atoms. The van der Waals surface area contributed by atoms with Crippen LogP contribution in [0.25, 0.3) is 0 Å². The van der Waals surface area contributed by atoms with Crippen LogP contribution in [-0.4, -0.2) is 15.4 Å². The lowest BCUT2D eigenvalue weighted by Crippen LogP contribution is -2.28. The number of rotatable bonds is 3. The molecule has 0 amide bonds. The van der Waals surface area contributed by atoms with Gasteiger partial charge in [-0.2, -0.15) is 15.4 Å². The summed E-state index contributed by atoms with van der Waals surface area (Å²) in [6.07, 6.45) is 1.65. The van der Waals surface area contributed by atoms with Crippen molar-refractivity contribution in [2.75, 3.05) is 0 Å². The van der Waals surface area contributed by atoms with Crippen molar-refractivity contribution in [3.63, 3.8) is 0 Å². The minimum atomic E-state index is -0.122. The molecular formula is C7H8BrN5S. The fourth-order valence-corrected chi connectivity index (χ4v) is 2.83. The van der Waals surface area contributed by atoms with E-state index in [4.69, 9.17) is 5.84 Å². The van der Waals surface area contributed by atoms with Crippen molar-refractivity contribution in [3.05, 3.63) is 32.7 Å². The summed E-state index contributed by atoms with van der Waals surface area (Å²) >= 11 is 5.06. The zero-order valence-corrected chi connectivity index (χ0v) is 9.47. The second-order valence-electron chi connectivity index (χ2n) is 2.63. The Morgan fingerprint density at radius 2 is 2.50 bits per heavy atom. The summed E-state index contributed by atoms with van der Waals surface area (Å²) in [6.45, 7) is 0. The van der Waals surface area contributed by atoms with Crippen LogP contribution in [-0.2, 0) is 0 Å². The monoisotopic (exact) mass is 273 g/mol. The number of aromatic amines is 1. The highest BCUT2D eigenvalue weighted by Gasteiger charge is 2.18. The number of nitrogens with two attached hydrogens (primary N) is 1. The molecule has 0 radical (unpaired) electrons. The third kappa shape index (κ3) is 1.71. The Morgan fingerprint density at radius 1 is 1.64 bits per heavy atom. The highest BCUT2D eigenvalue weighted by atomic mass is 79.9. The van der Waals surface area contributed by atoms with E-state index in [0.717, 1.165) is 15.0 Å². The highest BCUT2D eigenvalue weighted by molar-refractivity contribution is 9.10. The molecule has 2 aromatic heterocycles. The normalized spacial score (nSPS) is 13.0. The summed E-state index contributed by atoms with van der Waals surface area (Å²) in [5, 5.41) is 12.3. The van der Waals surface area contributed by atoms with E-state index in [0.29, 0.717) is 0 Å². The average molecular weight is 274 g/mol. The van der Waals surface area contributed by atoms with E-state index in [2.05, 4.69) is 36.8 Å². The molecule has 0 aliphatic heterocycles. The molecule has 2 heterocycles. The lowest BCUT2D eigenvalue weighted by molar-refractivity contribution is 0.626. The van der Waals surface area contributed by atoms with Crippen LogP contribution in [0.2, 0.25) is 0 Å². The number of aromatic nitrogens is 3. The molecule has 0 bridgehead atoms. The number of H-pyrrole nitrogens is 1. The van der Waals surface area contributed by atoms with Crippen molar-refractivity contribution in [2.45, 2.75) is 6.04 Å². The van der Waals surface area contributed by atoms with E-state index < -0.39 is 0 Å². The fraction of sp³-hybridized carbons (Fsp3) is 0.143. The van der Waals surface area contributed by atoms with Crippen LogP contribution in [0.15, 0.2) is 22.1 Å². The van der Waals surface area contributed by atoms with Gasteiger partial charge in [0.1, 0.15) is 11.7 Å². The van der Waals surface area contributed by atoms with Gasteiger partial charge >= 0.3 is 0 Å². The van der Waals surface area contributed by atoms with Crippen LogP contribution in [0.5, 0.6) is 0 Å². The largest absolute Gasteiger partial charge is 0.270 e. The van der Waals surface area contributed by atoms with Gasteiger partial charge in [0.25, 0.3) is 0 Å². The number of hydrogen-bond donors (Lipinski definition) is 3. The van der Waals surface area contributed by atoms with Gasteiger partial charge in [-0.1, -0.05) is 0 Å². The molecule has 2 rings (SSSR count). The molecule has 0 fully saturated rings. The van der Waals surface area contributed by atoms with Crippen molar-refractivity contribution in [1.29, 1.82) is 0 Å². The maximum atomic E-state index is 5.48. The number of hydrogen-bond acceptors (Lipinski definition) is 5. The van der Waals surface area contributed by atoms with Gasteiger partial charge in [0, 0.05) is 9.35 Å². The van der Waals surface area contributed by atoms with Crippen molar-refractivity contribution >= 4 is 27.3 Å². The molecule has 5 nitrogen and oxygen atoms in total. The minimum Gasteiger partial charge on any atom is -0.270 e. The van der Waals surface area contributed by atoms with Gasteiger partial charge in [0.2, 0.25) is 0 Å². The van der Waals surface area contributed by atoms with Crippen molar-refractivity contribution in [3.8, 4) is 0 Å². The molecular weight excluding hydrogens is 266 g/mol. The molecule has 74 valence electrons. The number of nitrogens with one attached hydrogen (secondary N) is 2. The third-order valence-corrected chi connectivity index (χ3v) is 3.74. The van der Waals surface area contributed by atoms with Crippen molar-refractivity contribution < 1.29 is 0 Å². The Bertz CT molecular complexity index is 398. The Kier molecular flexibility index (Phi) is 2.92. The van der Waals surface area contributed by atoms with Crippen LogP contribution >= 0.6 is 27.3 Å². The molecule has 1 unspecified atom stereocenters. The molecule has 0 saturated heterocycles. The molecule has 1 atom stereocenters. The summed E-state index contributed by atoms with van der Waals surface area (Å²) < 4.78 is 1.02. The first-order valence-electron chi connectivity index (χ1n) is 3.87. The highest BCUT2D eigenvalue weighted by Crippen LogP contribution is 2.31. The van der Waals surface area contributed by atoms with Gasteiger partial charge in [0.05, 0.1) is 6.20 Å². The SMILES string of the molecule is NNC(c1cn[nH]n1)c1sccc1Br. The summed E-state index contributed by atoms with van der Waals surface area (Å²) in [5.74, 6) is 5.48. The molecule has 4 N–H and O–H groups in total. The molecule has 0 aliphatic rings. The maximum Gasteiger partial charge on any atom is 0.106 e. The Hall–Kier alpha value is -0.760. The van der Waals surface area contributed by atoms with Crippen LogP contribution < -0.4 is 11.3 Å². The lowest BCUT2D eigenvalue weighted by Gasteiger charge is -2.11. The van der Waals surface area contributed by atoms with Crippen LogP contribution in [0.3, 0.4) is 0 Å². The summed E-state index contributed by atoms with van der Waals surface area (Å²) in [6, 6.07) is 1.85. The molecule has 0 saturated carbocycles. The predicted molar refractivity (Wildman–Crippen MR) is 57.6 cm³/mol. The number of hydrazine groups is 1. The molecule has 2 aromatic rings. The number of nitrogens with zero attached hydrogens (tertiary/aromatic N) is 2. The maximum absolute atomic E-state index is 5.48. The summed E-state index contributed by atoms with van der Waals surface area (Å²) in [5.41, 5.74) is 3.48. The number of thiophene rings is 1. The second-order valence-corrected chi connectivity index (χ2v) is 4.43. The first kappa shape index (κ1) is 9.78. The number of halogens is 1. The van der Waals surface area contributed by atoms with E-state index in [-0.39, 0.29) is 6.04 Å². The van der Waals surface area contributed by atoms with Gasteiger partial charge in [-0.15, -0.1) is 11.3 Å². The second kappa shape index (κ2) is 4.18.